The van der Waals surface area contributed by atoms with Gasteiger partial charge in [0.15, 0.2) is 0 Å². The number of hydrogen-bond donors (Lipinski definition) is 3. The fraction of sp³-hybridized carbons (Fsp3) is 0.400. The number of carbonyl (C=O) groups is 3. The van der Waals surface area contributed by atoms with Gasteiger partial charge < -0.3 is 20.3 Å². The number of carboxylic acid groups (broad SMARTS) is 2. The van der Waals surface area contributed by atoms with E-state index in [9.17, 15) is 19.5 Å². The quantitative estimate of drug-likeness (QED) is 0.771. The lowest BCUT2D eigenvalue weighted by Crippen LogP contribution is -2.40. The Morgan fingerprint density at radius 2 is 1.78 bits per heavy atom. The van der Waals surface area contributed by atoms with Crippen LogP contribution in [-0.4, -0.2) is 40.3 Å². The number of aliphatic carboxylic acids is 1. The van der Waals surface area contributed by atoms with Gasteiger partial charge in [-0.25, -0.2) is 4.79 Å². The van der Waals surface area contributed by atoms with Gasteiger partial charge in [0.1, 0.15) is 0 Å². The maximum atomic E-state index is 12.4. The molecule has 122 valence electrons. The predicted molar refractivity (Wildman–Crippen MR) is 79.6 cm³/mol. The maximum absolute atomic E-state index is 12.4. The summed E-state index contributed by atoms with van der Waals surface area (Å²) in [5, 5.41) is 20.8. The molecular formula is C15H14ClNO6. The van der Waals surface area contributed by atoms with E-state index in [1.54, 1.807) is 0 Å². The van der Waals surface area contributed by atoms with Crippen molar-refractivity contribution in [3.05, 3.63) is 28.8 Å². The fourth-order valence-corrected chi connectivity index (χ4v) is 3.58. The van der Waals surface area contributed by atoms with Crippen molar-refractivity contribution in [3.63, 3.8) is 0 Å². The van der Waals surface area contributed by atoms with Gasteiger partial charge in [-0.3, -0.25) is 9.59 Å². The number of amides is 1. The van der Waals surface area contributed by atoms with Crippen LogP contribution < -0.4 is 5.32 Å². The summed E-state index contributed by atoms with van der Waals surface area (Å²) in [5.41, 5.74) is 0.244. The minimum atomic E-state index is -1.17. The highest BCUT2D eigenvalue weighted by Gasteiger charge is 2.55. The first-order valence-corrected chi connectivity index (χ1v) is 7.48. The molecule has 3 N–H and O–H groups in total. The predicted octanol–water partition coefficient (Wildman–Crippen LogP) is 1.85. The molecule has 4 atom stereocenters. The molecule has 1 aromatic rings. The summed E-state index contributed by atoms with van der Waals surface area (Å²) in [6, 6.07) is 4.02. The lowest BCUT2D eigenvalue weighted by Gasteiger charge is -2.23. The molecule has 2 unspecified atom stereocenters. The number of carbonyl (C=O) groups excluding carboxylic acids is 1. The van der Waals surface area contributed by atoms with Crippen molar-refractivity contribution < 1.29 is 29.3 Å². The molecule has 0 radical (unpaired) electrons. The SMILES string of the molecule is O=C(O)c1ccc(NC(=O)C2C(C(=O)O)[C@H]3CC[C@@H]2O3)cc1Cl. The first kappa shape index (κ1) is 15.8. The largest absolute Gasteiger partial charge is 0.481 e. The molecule has 2 heterocycles. The summed E-state index contributed by atoms with van der Waals surface area (Å²) >= 11 is 5.86. The van der Waals surface area contributed by atoms with Gasteiger partial charge >= 0.3 is 11.9 Å². The summed E-state index contributed by atoms with van der Waals surface area (Å²) in [6.07, 6.45) is 0.483. The molecule has 2 aliphatic heterocycles. The fourth-order valence-electron chi connectivity index (χ4n) is 3.32. The first-order valence-electron chi connectivity index (χ1n) is 7.10. The van der Waals surface area contributed by atoms with Crippen molar-refractivity contribution in [2.75, 3.05) is 5.32 Å². The molecule has 8 heteroatoms. The Balaban J connectivity index is 1.78. The van der Waals surface area contributed by atoms with Crippen LogP contribution >= 0.6 is 11.6 Å². The van der Waals surface area contributed by atoms with Crippen LogP contribution in [0.5, 0.6) is 0 Å². The summed E-state index contributed by atoms with van der Waals surface area (Å²) < 4.78 is 5.55. The second-order valence-corrected chi connectivity index (χ2v) is 6.08. The smallest absolute Gasteiger partial charge is 0.337 e. The van der Waals surface area contributed by atoms with Crippen molar-refractivity contribution in [1.29, 1.82) is 0 Å². The molecule has 0 saturated carbocycles. The van der Waals surface area contributed by atoms with Crippen molar-refractivity contribution >= 4 is 35.1 Å². The minimum absolute atomic E-state index is 0.00530. The molecule has 1 amide bonds. The Morgan fingerprint density at radius 3 is 2.35 bits per heavy atom. The third-order valence-electron chi connectivity index (χ3n) is 4.33. The average molecular weight is 340 g/mol. The van der Waals surface area contributed by atoms with E-state index in [1.807, 2.05) is 0 Å². The van der Waals surface area contributed by atoms with Crippen LogP contribution in [-0.2, 0) is 14.3 Å². The molecule has 23 heavy (non-hydrogen) atoms. The van der Waals surface area contributed by atoms with E-state index >= 15 is 0 Å². The summed E-state index contributed by atoms with van der Waals surface area (Å²) in [4.78, 5) is 34.7. The van der Waals surface area contributed by atoms with Crippen molar-refractivity contribution in [2.45, 2.75) is 25.0 Å². The molecule has 2 bridgehead atoms. The standard InChI is InChI=1S/C15H14ClNO6/c16-8-5-6(1-2-7(8)14(19)20)17-13(18)11-9-3-4-10(23-9)12(11)15(21)22/h1-2,5,9-12H,3-4H2,(H,17,18)(H,19,20)(H,21,22)/t9-,10+,11?,12?/m0/s1. The molecule has 2 saturated heterocycles. The number of fused-ring (bicyclic) bond motifs is 2. The number of carboxylic acids is 2. The molecular weight excluding hydrogens is 326 g/mol. The Morgan fingerprint density at radius 1 is 1.13 bits per heavy atom. The zero-order valence-electron chi connectivity index (χ0n) is 11.9. The number of rotatable bonds is 4. The number of ether oxygens (including phenoxy) is 1. The molecule has 2 fully saturated rings. The van der Waals surface area contributed by atoms with E-state index in [2.05, 4.69) is 5.32 Å². The molecule has 3 rings (SSSR count). The van der Waals surface area contributed by atoms with E-state index in [0.717, 1.165) is 0 Å². The van der Waals surface area contributed by atoms with E-state index in [4.69, 9.17) is 21.4 Å². The maximum Gasteiger partial charge on any atom is 0.337 e. The van der Waals surface area contributed by atoms with Crippen LogP contribution in [0.2, 0.25) is 5.02 Å². The number of nitrogens with one attached hydrogen (secondary N) is 1. The highest BCUT2D eigenvalue weighted by molar-refractivity contribution is 6.33. The highest BCUT2D eigenvalue weighted by Crippen LogP contribution is 2.44. The molecule has 1 aromatic carbocycles. The number of halogens is 1. The van der Waals surface area contributed by atoms with Crippen LogP contribution in [0, 0.1) is 11.8 Å². The first-order chi connectivity index (χ1) is 10.9. The van der Waals surface area contributed by atoms with Crippen molar-refractivity contribution in [1.82, 2.24) is 0 Å². The van der Waals surface area contributed by atoms with Crippen molar-refractivity contribution in [2.24, 2.45) is 11.8 Å². The lowest BCUT2D eigenvalue weighted by molar-refractivity contribution is -0.147. The third-order valence-corrected chi connectivity index (χ3v) is 4.64. The Labute approximate surface area is 136 Å². The van der Waals surface area contributed by atoms with Gasteiger partial charge in [0.2, 0.25) is 5.91 Å². The second-order valence-electron chi connectivity index (χ2n) is 5.67. The molecule has 0 aliphatic carbocycles. The van der Waals surface area contributed by atoms with Crippen LogP contribution in [0.4, 0.5) is 5.69 Å². The molecule has 2 aliphatic rings. The van der Waals surface area contributed by atoms with Crippen LogP contribution in [0.1, 0.15) is 23.2 Å². The Hall–Kier alpha value is -2.12. The van der Waals surface area contributed by atoms with Gasteiger partial charge in [-0.2, -0.15) is 0 Å². The average Bonchev–Trinajstić information content (AvgIpc) is 3.07. The van der Waals surface area contributed by atoms with E-state index in [-0.39, 0.29) is 10.6 Å². The minimum Gasteiger partial charge on any atom is -0.481 e. The zero-order valence-corrected chi connectivity index (χ0v) is 12.6. The molecule has 0 spiro atoms. The molecule has 0 aromatic heterocycles. The number of benzene rings is 1. The third kappa shape index (κ3) is 2.77. The Kier molecular flexibility index (Phi) is 3.99. The van der Waals surface area contributed by atoms with Gasteiger partial charge in [0, 0.05) is 5.69 Å². The number of aromatic carboxylic acids is 1. The molecule has 7 nitrogen and oxygen atoms in total. The normalized spacial score (nSPS) is 28.6. The van der Waals surface area contributed by atoms with Crippen LogP contribution in [0.3, 0.4) is 0 Å². The highest BCUT2D eigenvalue weighted by atomic mass is 35.5. The van der Waals surface area contributed by atoms with Crippen LogP contribution in [0.15, 0.2) is 18.2 Å². The van der Waals surface area contributed by atoms with E-state index < -0.39 is 41.9 Å². The summed E-state index contributed by atoms with van der Waals surface area (Å²) in [5.74, 6) is -4.28. The van der Waals surface area contributed by atoms with E-state index in [0.29, 0.717) is 18.5 Å². The van der Waals surface area contributed by atoms with Gasteiger partial charge in [-0.15, -0.1) is 0 Å². The monoisotopic (exact) mass is 339 g/mol. The second kappa shape index (κ2) is 5.82. The summed E-state index contributed by atoms with van der Waals surface area (Å²) in [6.45, 7) is 0. The van der Waals surface area contributed by atoms with Gasteiger partial charge in [0.25, 0.3) is 0 Å². The van der Waals surface area contributed by atoms with Crippen LogP contribution in [0.25, 0.3) is 0 Å². The Bertz CT molecular complexity index is 691. The number of anilines is 1. The van der Waals surface area contributed by atoms with Crippen molar-refractivity contribution in [3.8, 4) is 0 Å². The van der Waals surface area contributed by atoms with Gasteiger partial charge in [-0.05, 0) is 31.0 Å². The van der Waals surface area contributed by atoms with Gasteiger partial charge in [0.05, 0.1) is 34.6 Å². The topological polar surface area (TPSA) is 113 Å². The van der Waals surface area contributed by atoms with Gasteiger partial charge in [-0.1, -0.05) is 11.6 Å². The number of hydrogen-bond acceptors (Lipinski definition) is 4. The van der Waals surface area contributed by atoms with E-state index in [1.165, 1.54) is 18.2 Å². The summed E-state index contributed by atoms with van der Waals surface area (Å²) in [7, 11) is 0. The zero-order chi connectivity index (χ0) is 16.7. The lowest BCUT2D eigenvalue weighted by atomic mass is 9.78.